The molecule has 64 valence electrons. The predicted octanol–water partition coefficient (Wildman–Crippen LogP) is 1.93. The Bertz CT molecular complexity index is 284. The van der Waals surface area contributed by atoms with E-state index < -0.39 is 5.97 Å². The van der Waals surface area contributed by atoms with Crippen LogP contribution in [0.15, 0.2) is 18.2 Å². The SMILES string of the molecule is Cc1cc(C)cc(C(=O)OO)c1. The van der Waals surface area contributed by atoms with Crippen molar-refractivity contribution in [1.29, 1.82) is 0 Å². The number of rotatable bonds is 1. The second-order valence-corrected chi connectivity index (χ2v) is 2.76. The fourth-order valence-electron chi connectivity index (χ4n) is 1.15. The van der Waals surface area contributed by atoms with Gasteiger partial charge in [0.05, 0.1) is 5.56 Å². The number of carbonyl (C=O) groups excluding carboxylic acids is 1. The molecule has 0 atom stereocenters. The van der Waals surface area contributed by atoms with Crippen molar-refractivity contribution >= 4 is 5.97 Å². The Balaban J connectivity index is 3.08. The first-order valence-electron chi connectivity index (χ1n) is 3.57. The Hall–Kier alpha value is -1.35. The van der Waals surface area contributed by atoms with Crippen molar-refractivity contribution in [2.24, 2.45) is 0 Å². The molecule has 1 rings (SSSR count). The van der Waals surface area contributed by atoms with E-state index in [9.17, 15) is 4.79 Å². The first kappa shape index (κ1) is 8.74. The highest BCUT2D eigenvalue weighted by atomic mass is 17.1. The van der Waals surface area contributed by atoms with Crippen LogP contribution in [-0.4, -0.2) is 11.2 Å². The summed E-state index contributed by atoms with van der Waals surface area (Å²) in [4.78, 5) is 14.5. The molecule has 0 aliphatic heterocycles. The summed E-state index contributed by atoms with van der Waals surface area (Å²) in [5.41, 5.74) is 2.31. The average Bonchev–Trinajstić information content (AvgIpc) is 2.01. The fraction of sp³-hybridized carbons (Fsp3) is 0.222. The second kappa shape index (κ2) is 3.36. The summed E-state index contributed by atoms with van der Waals surface area (Å²) >= 11 is 0. The summed E-state index contributed by atoms with van der Waals surface area (Å²) in [6, 6.07) is 5.26. The second-order valence-electron chi connectivity index (χ2n) is 2.76. The van der Waals surface area contributed by atoms with Crippen LogP contribution in [0.2, 0.25) is 0 Å². The molecule has 0 fully saturated rings. The van der Waals surface area contributed by atoms with Crippen LogP contribution in [0.1, 0.15) is 21.5 Å². The van der Waals surface area contributed by atoms with Gasteiger partial charge in [-0.05, 0) is 26.0 Å². The molecule has 0 bridgehead atoms. The molecule has 0 heterocycles. The minimum Gasteiger partial charge on any atom is -0.296 e. The summed E-state index contributed by atoms with van der Waals surface area (Å²) in [6.45, 7) is 3.75. The quantitative estimate of drug-likeness (QED) is 0.512. The van der Waals surface area contributed by atoms with Crippen LogP contribution < -0.4 is 0 Å². The minimum atomic E-state index is -0.721. The van der Waals surface area contributed by atoms with Crippen LogP contribution in [0.4, 0.5) is 0 Å². The lowest BCUT2D eigenvalue weighted by Crippen LogP contribution is -2.02. The fourth-order valence-corrected chi connectivity index (χ4v) is 1.15. The van der Waals surface area contributed by atoms with Gasteiger partial charge in [-0.3, -0.25) is 4.89 Å². The van der Waals surface area contributed by atoms with E-state index in [2.05, 4.69) is 4.89 Å². The highest BCUT2D eigenvalue weighted by molar-refractivity contribution is 5.89. The maximum atomic E-state index is 10.8. The van der Waals surface area contributed by atoms with Gasteiger partial charge in [0.2, 0.25) is 0 Å². The monoisotopic (exact) mass is 166 g/mol. The van der Waals surface area contributed by atoms with Crippen LogP contribution in [0.5, 0.6) is 0 Å². The lowest BCUT2D eigenvalue weighted by Gasteiger charge is -2.00. The molecule has 0 spiro atoms. The molecule has 0 aliphatic rings. The standard InChI is InChI=1S/C9H10O3/c1-6-3-7(2)5-8(4-6)9(10)12-11/h3-5,11H,1-2H3. The summed E-state index contributed by atoms with van der Waals surface area (Å²) < 4.78 is 0. The topological polar surface area (TPSA) is 46.5 Å². The molecule has 0 saturated carbocycles. The third kappa shape index (κ3) is 1.83. The van der Waals surface area contributed by atoms with Crippen LogP contribution in [0.3, 0.4) is 0 Å². The van der Waals surface area contributed by atoms with Crippen LogP contribution >= 0.6 is 0 Å². The molecule has 0 unspecified atom stereocenters. The van der Waals surface area contributed by atoms with Gasteiger partial charge in [-0.1, -0.05) is 17.2 Å². The van der Waals surface area contributed by atoms with E-state index in [0.717, 1.165) is 11.1 Å². The lowest BCUT2D eigenvalue weighted by molar-refractivity contribution is -0.182. The van der Waals surface area contributed by atoms with Crippen molar-refractivity contribution in [2.45, 2.75) is 13.8 Å². The molecular weight excluding hydrogens is 156 g/mol. The summed E-state index contributed by atoms with van der Waals surface area (Å²) in [7, 11) is 0. The number of hydrogen-bond acceptors (Lipinski definition) is 3. The molecule has 3 nitrogen and oxygen atoms in total. The normalized spacial score (nSPS) is 9.58. The molecule has 0 radical (unpaired) electrons. The number of aryl methyl sites for hydroxylation is 2. The predicted molar refractivity (Wildman–Crippen MR) is 44.0 cm³/mol. The Kier molecular flexibility index (Phi) is 2.45. The smallest absolute Gasteiger partial charge is 0.296 e. The van der Waals surface area contributed by atoms with Crippen molar-refractivity contribution in [3.8, 4) is 0 Å². The number of carbonyl (C=O) groups is 1. The zero-order valence-electron chi connectivity index (χ0n) is 7.00. The molecule has 0 amide bonds. The summed E-state index contributed by atoms with van der Waals surface area (Å²) in [6.07, 6.45) is 0. The molecule has 12 heavy (non-hydrogen) atoms. The maximum Gasteiger partial charge on any atom is 0.372 e. The molecule has 0 aliphatic carbocycles. The van der Waals surface area contributed by atoms with E-state index in [1.54, 1.807) is 12.1 Å². The van der Waals surface area contributed by atoms with Crippen molar-refractivity contribution in [3.05, 3.63) is 34.9 Å². The van der Waals surface area contributed by atoms with Gasteiger partial charge < -0.3 is 0 Å². The van der Waals surface area contributed by atoms with Crippen molar-refractivity contribution in [3.63, 3.8) is 0 Å². The third-order valence-corrected chi connectivity index (χ3v) is 1.54. The van der Waals surface area contributed by atoms with Gasteiger partial charge in [-0.25, -0.2) is 4.79 Å². The van der Waals surface area contributed by atoms with Crippen molar-refractivity contribution in [1.82, 2.24) is 0 Å². The molecular formula is C9H10O3. The number of hydrogen-bond donors (Lipinski definition) is 1. The van der Waals surface area contributed by atoms with Crippen molar-refractivity contribution in [2.75, 3.05) is 0 Å². The largest absolute Gasteiger partial charge is 0.372 e. The van der Waals surface area contributed by atoms with Gasteiger partial charge >= 0.3 is 5.97 Å². The first-order valence-corrected chi connectivity index (χ1v) is 3.57. The number of benzene rings is 1. The Morgan fingerprint density at radius 3 is 2.17 bits per heavy atom. The van der Waals surface area contributed by atoms with Gasteiger partial charge in [0, 0.05) is 0 Å². The third-order valence-electron chi connectivity index (χ3n) is 1.54. The lowest BCUT2D eigenvalue weighted by atomic mass is 10.1. The molecule has 0 aromatic heterocycles. The van der Waals surface area contributed by atoms with Gasteiger partial charge in [-0.15, -0.1) is 0 Å². The highest BCUT2D eigenvalue weighted by Gasteiger charge is 2.06. The van der Waals surface area contributed by atoms with E-state index in [0.29, 0.717) is 5.56 Å². The van der Waals surface area contributed by atoms with Crippen LogP contribution in [-0.2, 0) is 4.89 Å². The zero-order chi connectivity index (χ0) is 9.14. The molecule has 1 N–H and O–H groups in total. The van der Waals surface area contributed by atoms with E-state index in [4.69, 9.17) is 5.26 Å². The van der Waals surface area contributed by atoms with E-state index >= 15 is 0 Å². The molecule has 1 aromatic rings. The van der Waals surface area contributed by atoms with Gasteiger partial charge in [0.1, 0.15) is 0 Å². The van der Waals surface area contributed by atoms with Crippen LogP contribution in [0.25, 0.3) is 0 Å². The van der Waals surface area contributed by atoms with Gasteiger partial charge in [-0.2, -0.15) is 5.26 Å². The first-order chi connectivity index (χ1) is 5.63. The summed E-state index contributed by atoms with van der Waals surface area (Å²) in [5, 5.41) is 8.12. The highest BCUT2D eigenvalue weighted by Crippen LogP contribution is 2.09. The van der Waals surface area contributed by atoms with E-state index in [-0.39, 0.29) is 0 Å². The van der Waals surface area contributed by atoms with E-state index in [1.165, 1.54) is 0 Å². The Morgan fingerprint density at radius 1 is 1.25 bits per heavy atom. The summed E-state index contributed by atoms with van der Waals surface area (Å²) in [5.74, 6) is -0.721. The minimum absolute atomic E-state index is 0.370. The average molecular weight is 166 g/mol. The van der Waals surface area contributed by atoms with Gasteiger partial charge in [0.25, 0.3) is 0 Å². The Morgan fingerprint density at radius 2 is 1.75 bits per heavy atom. The molecule has 3 heteroatoms. The van der Waals surface area contributed by atoms with Crippen LogP contribution in [0, 0.1) is 13.8 Å². The Labute approximate surface area is 70.5 Å². The molecule has 0 saturated heterocycles. The maximum absolute atomic E-state index is 10.8. The molecule has 1 aromatic carbocycles. The van der Waals surface area contributed by atoms with E-state index in [1.807, 2.05) is 19.9 Å². The van der Waals surface area contributed by atoms with Crippen molar-refractivity contribution < 1.29 is 14.9 Å². The zero-order valence-corrected chi connectivity index (χ0v) is 7.00. The van der Waals surface area contributed by atoms with Gasteiger partial charge in [0.15, 0.2) is 0 Å².